The molecule has 142 valence electrons. The van der Waals surface area contributed by atoms with Gasteiger partial charge in [-0.25, -0.2) is 4.99 Å². The van der Waals surface area contributed by atoms with Gasteiger partial charge in [0.25, 0.3) is 0 Å². The lowest BCUT2D eigenvalue weighted by molar-refractivity contribution is 0.328. The molecule has 7 heteroatoms. The van der Waals surface area contributed by atoms with E-state index in [0.717, 1.165) is 17.2 Å². The lowest BCUT2D eigenvalue weighted by atomic mass is 10.2. The van der Waals surface area contributed by atoms with Crippen molar-refractivity contribution >= 4 is 35.6 Å². The molecule has 2 aromatic carbocycles. The molecule has 0 bridgehead atoms. The Morgan fingerprint density at radius 2 is 1.69 bits per heavy atom. The molecule has 26 heavy (non-hydrogen) atoms. The molecule has 2 aromatic rings. The van der Waals surface area contributed by atoms with Crippen molar-refractivity contribution in [3.8, 4) is 17.2 Å². The summed E-state index contributed by atoms with van der Waals surface area (Å²) < 4.78 is 16.7. The van der Waals surface area contributed by atoms with Crippen molar-refractivity contribution in [3.63, 3.8) is 0 Å². The fraction of sp³-hybridized carbons (Fsp3) is 0.316. The van der Waals surface area contributed by atoms with E-state index in [1.807, 2.05) is 62.4 Å². The molecule has 0 saturated carbocycles. The fourth-order valence-corrected chi connectivity index (χ4v) is 2.17. The van der Waals surface area contributed by atoms with Crippen LogP contribution in [-0.2, 0) is 0 Å². The van der Waals surface area contributed by atoms with Gasteiger partial charge in [-0.3, -0.25) is 0 Å². The van der Waals surface area contributed by atoms with Gasteiger partial charge in [0.05, 0.1) is 25.4 Å². The van der Waals surface area contributed by atoms with Gasteiger partial charge >= 0.3 is 0 Å². The zero-order valence-corrected chi connectivity index (χ0v) is 17.4. The van der Waals surface area contributed by atoms with Crippen LogP contribution in [0, 0.1) is 0 Å². The first-order chi connectivity index (χ1) is 12.2. The molecule has 0 atom stereocenters. The first-order valence-electron chi connectivity index (χ1n) is 8.37. The molecule has 0 aliphatic heterocycles. The second kappa shape index (κ2) is 12.2. The molecular weight excluding hydrogens is 445 g/mol. The van der Waals surface area contributed by atoms with Crippen LogP contribution in [0.15, 0.2) is 53.5 Å². The summed E-state index contributed by atoms with van der Waals surface area (Å²) in [5.41, 5.74) is 6.68. The summed E-state index contributed by atoms with van der Waals surface area (Å²) in [4.78, 5) is 4.27. The zero-order chi connectivity index (χ0) is 17.9. The first-order valence-corrected chi connectivity index (χ1v) is 8.37. The number of nitrogens with zero attached hydrogens (tertiary/aromatic N) is 1. The Kier molecular flexibility index (Phi) is 10.3. The normalized spacial score (nSPS) is 10.6. The average molecular weight is 471 g/mol. The highest BCUT2D eigenvalue weighted by atomic mass is 127. The Labute approximate surface area is 171 Å². The minimum atomic E-state index is 0. The predicted molar refractivity (Wildman–Crippen MR) is 116 cm³/mol. The van der Waals surface area contributed by atoms with Gasteiger partial charge in [0.1, 0.15) is 23.9 Å². The summed E-state index contributed by atoms with van der Waals surface area (Å²) in [6.45, 7) is 5.91. The Balaban J connectivity index is 0.00000338. The van der Waals surface area contributed by atoms with Crippen LogP contribution in [0.3, 0.4) is 0 Å². The van der Waals surface area contributed by atoms with E-state index in [4.69, 9.17) is 19.9 Å². The number of anilines is 1. The maximum absolute atomic E-state index is 5.96. The molecule has 3 N–H and O–H groups in total. The van der Waals surface area contributed by atoms with Crippen LogP contribution in [0.1, 0.15) is 13.8 Å². The van der Waals surface area contributed by atoms with E-state index in [1.54, 1.807) is 0 Å². The van der Waals surface area contributed by atoms with Crippen LogP contribution < -0.4 is 25.3 Å². The van der Waals surface area contributed by atoms with Gasteiger partial charge in [0, 0.05) is 6.07 Å². The number of benzene rings is 2. The Bertz CT molecular complexity index is 681. The summed E-state index contributed by atoms with van der Waals surface area (Å²) in [6.07, 6.45) is 0. The number of hydrogen-bond donors (Lipinski definition) is 2. The molecule has 0 unspecified atom stereocenters. The fourth-order valence-electron chi connectivity index (χ4n) is 2.17. The van der Waals surface area contributed by atoms with Crippen LogP contribution in [-0.4, -0.2) is 32.3 Å². The highest BCUT2D eigenvalue weighted by molar-refractivity contribution is 14.0. The van der Waals surface area contributed by atoms with Crippen molar-refractivity contribution in [1.29, 1.82) is 0 Å². The number of para-hydroxylation sites is 1. The maximum atomic E-state index is 5.96. The molecule has 0 aromatic heterocycles. The molecule has 0 amide bonds. The van der Waals surface area contributed by atoms with Crippen molar-refractivity contribution in [1.82, 2.24) is 0 Å². The average Bonchev–Trinajstić information content (AvgIpc) is 2.62. The number of guanidine groups is 1. The van der Waals surface area contributed by atoms with Gasteiger partial charge in [-0.15, -0.1) is 24.0 Å². The third-order valence-electron chi connectivity index (χ3n) is 3.21. The summed E-state index contributed by atoms with van der Waals surface area (Å²) in [5.74, 6) is 2.55. The molecule has 0 aliphatic carbocycles. The highest BCUT2D eigenvalue weighted by Gasteiger charge is 2.07. The van der Waals surface area contributed by atoms with Gasteiger partial charge in [0.2, 0.25) is 0 Å². The maximum Gasteiger partial charge on any atom is 0.193 e. The molecule has 0 fully saturated rings. The van der Waals surface area contributed by atoms with Gasteiger partial charge < -0.3 is 25.3 Å². The minimum Gasteiger partial charge on any atom is -0.494 e. The van der Waals surface area contributed by atoms with Gasteiger partial charge in [-0.2, -0.15) is 0 Å². The van der Waals surface area contributed by atoms with E-state index in [-0.39, 0.29) is 24.0 Å². The first kappa shape index (κ1) is 21.9. The lowest BCUT2D eigenvalue weighted by Crippen LogP contribution is -2.24. The lowest BCUT2D eigenvalue weighted by Gasteiger charge is -2.14. The SMILES string of the molecule is CCOc1ccc(OCC)c(NC(N)=NCCOc2ccccc2)c1.I. The van der Waals surface area contributed by atoms with Gasteiger partial charge in [0.15, 0.2) is 5.96 Å². The van der Waals surface area contributed by atoms with Crippen LogP contribution >= 0.6 is 24.0 Å². The van der Waals surface area contributed by atoms with Crippen molar-refractivity contribution < 1.29 is 14.2 Å². The molecule has 6 nitrogen and oxygen atoms in total. The van der Waals surface area contributed by atoms with Crippen molar-refractivity contribution in [2.75, 3.05) is 31.7 Å². The molecule has 2 rings (SSSR count). The van der Waals surface area contributed by atoms with E-state index in [0.29, 0.717) is 38.1 Å². The van der Waals surface area contributed by atoms with Crippen molar-refractivity contribution in [2.24, 2.45) is 10.7 Å². The Morgan fingerprint density at radius 3 is 2.38 bits per heavy atom. The molecule has 0 spiro atoms. The quantitative estimate of drug-likeness (QED) is 0.251. The smallest absolute Gasteiger partial charge is 0.193 e. The minimum absolute atomic E-state index is 0. The molecule has 0 aliphatic rings. The number of hydrogen-bond acceptors (Lipinski definition) is 4. The molecular formula is C19H26IN3O3. The zero-order valence-electron chi connectivity index (χ0n) is 15.1. The van der Waals surface area contributed by atoms with Gasteiger partial charge in [-0.1, -0.05) is 18.2 Å². The van der Waals surface area contributed by atoms with E-state index >= 15 is 0 Å². The standard InChI is InChI=1S/C19H25N3O3.HI/c1-3-23-16-10-11-18(24-4-2)17(14-16)22-19(20)21-12-13-25-15-8-6-5-7-9-15;/h5-11,14H,3-4,12-13H2,1-2H3,(H3,20,21,22);1H. The molecule has 0 radical (unpaired) electrons. The predicted octanol–water partition coefficient (Wildman–Crippen LogP) is 3.91. The van der Waals surface area contributed by atoms with Crippen molar-refractivity contribution in [2.45, 2.75) is 13.8 Å². The van der Waals surface area contributed by atoms with E-state index < -0.39 is 0 Å². The third kappa shape index (κ3) is 7.38. The number of ether oxygens (including phenoxy) is 3. The third-order valence-corrected chi connectivity index (χ3v) is 3.21. The Hall–Kier alpha value is -2.16. The summed E-state index contributed by atoms with van der Waals surface area (Å²) >= 11 is 0. The second-order valence-electron chi connectivity index (χ2n) is 5.08. The summed E-state index contributed by atoms with van der Waals surface area (Å²) in [6, 6.07) is 15.2. The van der Waals surface area contributed by atoms with E-state index in [2.05, 4.69) is 10.3 Å². The van der Waals surface area contributed by atoms with E-state index in [9.17, 15) is 0 Å². The Morgan fingerprint density at radius 1 is 0.962 bits per heavy atom. The summed E-state index contributed by atoms with van der Waals surface area (Å²) in [7, 11) is 0. The van der Waals surface area contributed by atoms with Crippen LogP contribution in [0.4, 0.5) is 5.69 Å². The molecule has 0 heterocycles. The van der Waals surface area contributed by atoms with Crippen molar-refractivity contribution in [3.05, 3.63) is 48.5 Å². The second-order valence-corrected chi connectivity index (χ2v) is 5.08. The number of rotatable bonds is 9. The number of nitrogens with two attached hydrogens (primary N) is 1. The number of aliphatic imine (C=N–C) groups is 1. The number of halogens is 1. The molecule has 0 saturated heterocycles. The largest absolute Gasteiger partial charge is 0.494 e. The van der Waals surface area contributed by atoms with Crippen LogP contribution in [0.5, 0.6) is 17.2 Å². The van der Waals surface area contributed by atoms with Crippen LogP contribution in [0.2, 0.25) is 0 Å². The van der Waals surface area contributed by atoms with Crippen LogP contribution in [0.25, 0.3) is 0 Å². The monoisotopic (exact) mass is 471 g/mol. The topological polar surface area (TPSA) is 78.1 Å². The number of nitrogens with one attached hydrogen (secondary N) is 1. The highest BCUT2D eigenvalue weighted by Crippen LogP contribution is 2.29. The summed E-state index contributed by atoms with van der Waals surface area (Å²) in [5, 5.41) is 3.06. The van der Waals surface area contributed by atoms with Gasteiger partial charge in [-0.05, 0) is 38.1 Å². The van der Waals surface area contributed by atoms with E-state index in [1.165, 1.54) is 0 Å².